The Hall–Kier alpha value is -0.870. The van der Waals surface area contributed by atoms with Crippen molar-refractivity contribution < 1.29 is 8.42 Å². The standard InChI is InChI=1S/C20H28O2S2/c1-15(2)24(21,22)14-18-7-4-16(5-8-18)3-6-17-9-10-19-11-12-23-20(19)13-17/h9-13,15-16,18H,3-8,14H2,1-2H3. The van der Waals surface area contributed by atoms with Crippen LogP contribution in [0.25, 0.3) is 10.1 Å². The molecule has 0 radical (unpaired) electrons. The second kappa shape index (κ2) is 7.57. The fourth-order valence-electron chi connectivity index (χ4n) is 3.73. The maximum absolute atomic E-state index is 12.1. The summed E-state index contributed by atoms with van der Waals surface area (Å²) in [6.07, 6.45) is 6.94. The first-order valence-electron chi connectivity index (χ1n) is 9.12. The molecule has 1 heterocycles. The number of sulfone groups is 1. The van der Waals surface area contributed by atoms with Crippen LogP contribution < -0.4 is 0 Å². The van der Waals surface area contributed by atoms with E-state index in [-0.39, 0.29) is 5.25 Å². The van der Waals surface area contributed by atoms with E-state index < -0.39 is 9.84 Å². The molecule has 132 valence electrons. The van der Waals surface area contributed by atoms with E-state index >= 15 is 0 Å². The Morgan fingerprint density at radius 1 is 1.08 bits per heavy atom. The highest BCUT2D eigenvalue weighted by molar-refractivity contribution is 7.91. The Kier molecular flexibility index (Phi) is 5.66. The van der Waals surface area contributed by atoms with Crippen LogP contribution in [0, 0.1) is 11.8 Å². The topological polar surface area (TPSA) is 34.1 Å². The largest absolute Gasteiger partial charge is 0.229 e. The zero-order valence-corrected chi connectivity index (χ0v) is 16.3. The van der Waals surface area contributed by atoms with Gasteiger partial charge in [0.25, 0.3) is 0 Å². The van der Waals surface area contributed by atoms with Crippen molar-refractivity contribution in [2.24, 2.45) is 11.8 Å². The van der Waals surface area contributed by atoms with Gasteiger partial charge in [-0.2, -0.15) is 0 Å². The van der Waals surface area contributed by atoms with Crippen LogP contribution in [0.15, 0.2) is 29.6 Å². The third-order valence-electron chi connectivity index (χ3n) is 5.51. The van der Waals surface area contributed by atoms with Crippen LogP contribution in [0.4, 0.5) is 0 Å². The summed E-state index contributed by atoms with van der Waals surface area (Å²) in [5.74, 6) is 1.55. The van der Waals surface area contributed by atoms with E-state index in [9.17, 15) is 8.42 Å². The average molecular weight is 365 g/mol. The molecule has 1 fully saturated rings. The molecule has 2 aromatic rings. The molecule has 0 aliphatic heterocycles. The Balaban J connectivity index is 1.47. The summed E-state index contributed by atoms with van der Waals surface area (Å²) in [6, 6.07) is 9.00. The maximum Gasteiger partial charge on any atom is 0.152 e. The van der Waals surface area contributed by atoms with Gasteiger partial charge in [0, 0.05) is 4.70 Å². The number of aryl methyl sites for hydroxylation is 1. The fraction of sp³-hybridized carbons (Fsp3) is 0.600. The lowest BCUT2D eigenvalue weighted by Crippen LogP contribution is -2.26. The first-order chi connectivity index (χ1) is 11.4. The van der Waals surface area contributed by atoms with Crippen LogP contribution in [0.2, 0.25) is 0 Å². The predicted octanol–water partition coefficient (Wildman–Crippen LogP) is 5.46. The summed E-state index contributed by atoms with van der Waals surface area (Å²) < 4.78 is 25.5. The number of hydrogen-bond donors (Lipinski definition) is 0. The molecule has 1 aromatic carbocycles. The quantitative estimate of drug-likeness (QED) is 0.682. The average Bonchev–Trinajstić information content (AvgIpc) is 3.01. The molecule has 1 aliphatic rings. The Bertz CT molecular complexity index is 766. The first-order valence-corrected chi connectivity index (χ1v) is 11.7. The molecule has 24 heavy (non-hydrogen) atoms. The number of benzene rings is 1. The maximum atomic E-state index is 12.1. The van der Waals surface area contributed by atoms with Crippen LogP contribution >= 0.6 is 11.3 Å². The summed E-state index contributed by atoms with van der Waals surface area (Å²) in [5, 5.41) is 3.26. The molecule has 2 nitrogen and oxygen atoms in total. The van der Waals surface area contributed by atoms with Crippen molar-refractivity contribution in [3.8, 4) is 0 Å². The predicted molar refractivity (Wildman–Crippen MR) is 105 cm³/mol. The van der Waals surface area contributed by atoms with Crippen LogP contribution in [0.3, 0.4) is 0 Å². The van der Waals surface area contributed by atoms with Gasteiger partial charge in [0.15, 0.2) is 9.84 Å². The monoisotopic (exact) mass is 364 g/mol. The van der Waals surface area contributed by atoms with Gasteiger partial charge in [-0.15, -0.1) is 11.3 Å². The molecule has 0 bridgehead atoms. The highest BCUT2D eigenvalue weighted by Crippen LogP contribution is 2.33. The molecular weight excluding hydrogens is 336 g/mol. The SMILES string of the molecule is CC(C)S(=O)(=O)CC1CCC(CCc2ccc3ccsc3c2)CC1. The molecule has 0 spiro atoms. The third kappa shape index (κ3) is 4.40. The van der Waals surface area contributed by atoms with E-state index in [4.69, 9.17) is 0 Å². The highest BCUT2D eigenvalue weighted by Gasteiger charge is 2.27. The summed E-state index contributed by atoms with van der Waals surface area (Å²) in [7, 11) is -2.88. The van der Waals surface area contributed by atoms with Crippen molar-refractivity contribution in [2.45, 2.75) is 57.6 Å². The molecule has 0 unspecified atom stereocenters. The minimum Gasteiger partial charge on any atom is -0.229 e. The van der Waals surface area contributed by atoms with E-state index in [1.54, 1.807) is 13.8 Å². The van der Waals surface area contributed by atoms with Crippen molar-refractivity contribution in [1.29, 1.82) is 0 Å². The minimum absolute atomic E-state index is 0.234. The van der Waals surface area contributed by atoms with Gasteiger partial charge in [-0.05, 0) is 79.8 Å². The van der Waals surface area contributed by atoms with E-state index in [0.29, 0.717) is 11.7 Å². The van der Waals surface area contributed by atoms with E-state index in [2.05, 4.69) is 29.6 Å². The van der Waals surface area contributed by atoms with Crippen molar-refractivity contribution in [1.82, 2.24) is 0 Å². The molecule has 1 aromatic heterocycles. The third-order valence-corrected chi connectivity index (χ3v) is 8.77. The fourth-order valence-corrected chi connectivity index (χ4v) is 5.96. The lowest BCUT2D eigenvalue weighted by atomic mass is 9.80. The molecule has 1 aliphatic carbocycles. The van der Waals surface area contributed by atoms with Crippen LogP contribution in [0.5, 0.6) is 0 Å². The van der Waals surface area contributed by atoms with E-state index in [1.807, 2.05) is 11.3 Å². The molecule has 1 saturated carbocycles. The summed E-state index contributed by atoms with van der Waals surface area (Å²) in [5.41, 5.74) is 1.44. The van der Waals surface area contributed by atoms with Gasteiger partial charge < -0.3 is 0 Å². The van der Waals surface area contributed by atoms with Gasteiger partial charge >= 0.3 is 0 Å². The lowest BCUT2D eigenvalue weighted by Gasteiger charge is -2.28. The van der Waals surface area contributed by atoms with E-state index in [1.165, 1.54) is 34.9 Å². The van der Waals surface area contributed by atoms with Gasteiger partial charge in [-0.1, -0.05) is 25.0 Å². The van der Waals surface area contributed by atoms with Crippen LogP contribution in [-0.4, -0.2) is 19.4 Å². The summed E-state index contributed by atoms with van der Waals surface area (Å²) in [6.45, 7) is 3.59. The molecule has 0 saturated heterocycles. The molecule has 3 rings (SSSR count). The van der Waals surface area contributed by atoms with Gasteiger partial charge in [-0.3, -0.25) is 0 Å². The van der Waals surface area contributed by atoms with Crippen molar-refractivity contribution >= 4 is 31.3 Å². The number of thiophene rings is 1. The van der Waals surface area contributed by atoms with Gasteiger partial charge in [0.05, 0.1) is 11.0 Å². The van der Waals surface area contributed by atoms with Crippen LogP contribution in [0.1, 0.15) is 51.5 Å². The van der Waals surface area contributed by atoms with E-state index in [0.717, 1.165) is 25.2 Å². The number of hydrogen-bond acceptors (Lipinski definition) is 3. The molecule has 0 atom stereocenters. The van der Waals surface area contributed by atoms with Crippen molar-refractivity contribution in [3.63, 3.8) is 0 Å². The number of rotatable bonds is 6. The first kappa shape index (κ1) is 17.9. The zero-order valence-electron chi connectivity index (χ0n) is 14.7. The zero-order chi connectivity index (χ0) is 17.2. The van der Waals surface area contributed by atoms with Crippen LogP contribution in [-0.2, 0) is 16.3 Å². The Labute approximate surface area is 150 Å². The normalized spacial score (nSPS) is 22.3. The van der Waals surface area contributed by atoms with Gasteiger partial charge in [-0.25, -0.2) is 8.42 Å². The molecular formula is C20H28O2S2. The highest BCUT2D eigenvalue weighted by atomic mass is 32.2. The van der Waals surface area contributed by atoms with Gasteiger partial charge in [0.2, 0.25) is 0 Å². The smallest absolute Gasteiger partial charge is 0.152 e. The van der Waals surface area contributed by atoms with Crippen molar-refractivity contribution in [3.05, 3.63) is 35.2 Å². The van der Waals surface area contributed by atoms with Gasteiger partial charge in [0.1, 0.15) is 0 Å². The molecule has 0 N–H and O–H groups in total. The minimum atomic E-state index is -2.88. The van der Waals surface area contributed by atoms with Crippen molar-refractivity contribution in [2.75, 3.05) is 5.75 Å². The number of fused-ring (bicyclic) bond motifs is 1. The molecule has 0 amide bonds. The lowest BCUT2D eigenvalue weighted by molar-refractivity contribution is 0.278. The Morgan fingerprint density at radius 2 is 1.79 bits per heavy atom. The second-order valence-electron chi connectivity index (χ2n) is 7.60. The second-order valence-corrected chi connectivity index (χ2v) is 11.1. The Morgan fingerprint density at radius 3 is 2.50 bits per heavy atom. The summed E-state index contributed by atoms with van der Waals surface area (Å²) >= 11 is 1.81. The molecule has 4 heteroatoms. The summed E-state index contributed by atoms with van der Waals surface area (Å²) in [4.78, 5) is 0.